The molecule has 0 atom stereocenters. The number of nitrogens with two attached hydrogens (primary N) is 1. The molecule has 0 amide bonds. The molecule has 6 heteroatoms. The molecule has 0 bridgehead atoms. The SMILES string of the molecule is Cn1cnn(Cc2ccc(N)nc2)c1=O. The molecule has 2 aromatic rings. The fourth-order valence-electron chi connectivity index (χ4n) is 1.23. The van der Waals surface area contributed by atoms with Gasteiger partial charge in [-0.25, -0.2) is 14.5 Å². The van der Waals surface area contributed by atoms with E-state index in [2.05, 4.69) is 10.1 Å². The van der Waals surface area contributed by atoms with E-state index in [1.807, 2.05) is 6.07 Å². The molecule has 2 rings (SSSR count). The fraction of sp³-hybridized carbons (Fsp3) is 0.222. The predicted molar refractivity (Wildman–Crippen MR) is 55.2 cm³/mol. The molecular formula is C9H11N5O. The summed E-state index contributed by atoms with van der Waals surface area (Å²) >= 11 is 0. The average molecular weight is 205 g/mol. The van der Waals surface area contributed by atoms with Crippen LogP contribution in [0.3, 0.4) is 0 Å². The monoisotopic (exact) mass is 205 g/mol. The van der Waals surface area contributed by atoms with Crippen LogP contribution in [-0.2, 0) is 13.6 Å². The van der Waals surface area contributed by atoms with Gasteiger partial charge in [-0.15, -0.1) is 0 Å². The van der Waals surface area contributed by atoms with Crippen molar-refractivity contribution >= 4 is 5.82 Å². The lowest BCUT2D eigenvalue weighted by Gasteiger charge is -1.99. The molecule has 6 nitrogen and oxygen atoms in total. The van der Waals surface area contributed by atoms with Crippen LogP contribution in [0, 0.1) is 0 Å². The summed E-state index contributed by atoms with van der Waals surface area (Å²) in [7, 11) is 1.66. The van der Waals surface area contributed by atoms with Crippen molar-refractivity contribution in [2.24, 2.45) is 7.05 Å². The number of aryl methyl sites for hydroxylation is 1. The summed E-state index contributed by atoms with van der Waals surface area (Å²) in [5.74, 6) is 0.465. The molecule has 0 saturated carbocycles. The summed E-state index contributed by atoms with van der Waals surface area (Å²) in [6.07, 6.45) is 3.11. The highest BCUT2D eigenvalue weighted by molar-refractivity contribution is 5.29. The van der Waals surface area contributed by atoms with Gasteiger partial charge in [0, 0.05) is 13.2 Å². The van der Waals surface area contributed by atoms with E-state index in [0.717, 1.165) is 5.56 Å². The lowest BCUT2D eigenvalue weighted by molar-refractivity contribution is 0.645. The highest BCUT2D eigenvalue weighted by Gasteiger charge is 2.02. The van der Waals surface area contributed by atoms with Crippen molar-refractivity contribution in [2.75, 3.05) is 5.73 Å². The molecule has 2 N–H and O–H groups in total. The van der Waals surface area contributed by atoms with Gasteiger partial charge in [-0.2, -0.15) is 5.10 Å². The largest absolute Gasteiger partial charge is 0.384 e. The van der Waals surface area contributed by atoms with Crippen LogP contribution in [-0.4, -0.2) is 19.3 Å². The van der Waals surface area contributed by atoms with E-state index in [4.69, 9.17) is 5.73 Å². The van der Waals surface area contributed by atoms with E-state index in [9.17, 15) is 4.79 Å². The topological polar surface area (TPSA) is 78.7 Å². The van der Waals surface area contributed by atoms with Crippen LogP contribution in [0.4, 0.5) is 5.82 Å². The molecular weight excluding hydrogens is 194 g/mol. The third kappa shape index (κ3) is 1.88. The number of aromatic nitrogens is 4. The second kappa shape index (κ2) is 3.56. The number of hydrogen-bond donors (Lipinski definition) is 1. The van der Waals surface area contributed by atoms with Gasteiger partial charge in [0.1, 0.15) is 12.1 Å². The summed E-state index contributed by atoms with van der Waals surface area (Å²) < 4.78 is 2.79. The van der Waals surface area contributed by atoms with Crippen LogP contribution in [0.2, 0.25) is 0 Å². The first-order valence-corrected chi connectivity index (χ1v) is 4.45. The zero-order valence-electron chi connectivity index (χ0n) is 8.29. The van der Waals surface area contributed by atoms with Crippen LogP contribution >= 0.6 is 0 Å². The van der Waals surface area contributed by atoms with Crippen molar-refractivity contribution in [1.29, 1.82) is 0 Å². The van der Waals surface area contributed by atoms with Crippen molar-refractivity contribution in [3.63, 3.8) is 0 Å². The van der Waals surface area contributed by atoms with Gasteiger partial charge in [-0.05, 0) is 11.6 Å². The Hall–Kier alpha value is -2.11. The summed E-state index contributed by atoms with van der Waals surface area (Å²) in [6.45, 7) is 0.410. The van der Waals surface area contributed by atoms with E-state index in [0.29, 0.717) is 12.4 Å². The van der Waals surface area contributed by atoms with Gasteiger partial charge in [0.2, 0.25) is 0 Å². The Morgan fingerprint density at radius 1 is 1.47 bits per heavy atom. The second-order valence-corrected chi connectivity index (χ2v) is 3.27. The molecule has 0 aliphatic carbocycles. The van der Waals surface area contributed by atoms with Crippen LogP contribution in [0.1, 0.15) is 5.56 Å². The maximum atomic E-state index is 11.5. The van der Waals surface area contributed by atoms with E-state index in [1.54, 1.807) is 19.3 Å². The molecule has 78 valence electrons. The fourth-order valence-corrected chi connectivity index (χ4v) is 1.23. The number of hydrogen-bond acceptors (Lipinski definition) is 4. The molecule has 2 heterocycles. The van der Waals surface area contributed by atoms with Crippen LogP contribution in [0.25, 0.3) is 0 Å². The Morgan fingerprint density at radius 2 is 2.27 bits per heavy atom. The highest BCUT2D eigenvalue weighted by atomic mass is 16.2. The third-order valence-corrected chi connectivity index (χ3v) is 2.07. The molecule has 0 aromatic carbocycles. The van der Waals surface area contributed by atoms with Gasteiger partial charge >= 0.3 is 5.69 Å². The van der Waals surface area contributed by atoms with Gasteiger partial charge in [-0.1, -0.05) is 6.07 Å². The quantitative estimate of drug-likeness (QED) is 0.724. The Bertz CT molecular complexity index is 510. The Labute approximate surface area is 86.0 Å². The molecule has 0 aliphatic heterocycles. The second-order valence-electron chi connectivity index (χ2n) is 3.27. The van der Waals surface area contributed by atoms with E-state index >= 15 is 0 Å². The number of rotatable bonds is 2. The standard InChI is InChI=1S/C9H11N5O/c1-13-6-12-14(9(13)15)5-7-2-3-8(10)11-4-7/h2-4,6H,5H2,1H3,(H2,10,11). The Balaban J connectivity index is 2.26. The summed E-state index contributed by atoms with van der Waals surface area (Å²) in [5, 5.41) is 3.94. The van der Waals surface area contributed by atoms with Crippen LogP contribution < -0.4 is 11.4 Å². The van der Waals surface area contributed by atoms with E-state index < -0.39 is 0 Å². The van der Waals surface area contributed by atoms with Crippen molar-refractivity contribution in [3.05, 3.63) is 40.7 Å². The van der Waals surface area contributed by atoms with Gasteiger partial charge in [-0.3, -0.25) is 4.57 Å². The van der Waals surface area contributed by atoms with Gasteiger partial charge in [0.15, 0.2) is 0 Å². The smallest absolute Gasteiger partial charge is 0.345 e. The van der Waals surface area contributed by atoms with Crippen molar-refractivity contribution in [2.45, 2.75) is 6.54 Å². The first kappa shape index (κ1) is 9.45. The molecule has 0 fully saturated rings. The summed E-state index contributed by atoms with van der Waals surface area (Å²) in [5.41, 5.74) is 6.20. The highest BCUT2D eigenvalue weighted by Crippen LogP contribution is 2.01. The first-order valence-electron chi connectivity index (χ1n) is 4.45. The first-order chi connectivity index (χ1) is 7.16. The predicted octanol–water partition coefficient (Wildman–Crippen LogP) is -0.393. The van der Waals surface area contributed by atoms with E-state index in [1.165, 1.54) is 15.6 Å². The molecule has 0 aliphatic rings. The zero-order chi connectivity index (χ0) is 10.8. The van der Waals surface area contributed by atoms with Crippen LogP contribution in [0.5, 0.6) is 0 Å². The maximum absolute atomic E-state index is 11.5. The minimum absolute atomic E-state index is 0.146. The van der Waals surface area contributed by atoms with Crippen LogP contribution in [0.15, 0.2) is 29.5 Å². The molecule has 0 radical (unpaired) electrons. The number of nitrogen functional groups attached to an aromatic ring is 1. The Morgan fingerprint density at radius 3 is 2.80 bits per heavy atom. The summed E-state index contributed by atoms with van der Waals surface area (Å²) in [6, 6.07) is 3.52. The van der Waals surface area contributed by atoms with Gasteiger partial charge in [0.25, 0.3) is 0 Å². The normalized spacial score (nSPS) is 10.5. The van der Waals surface area contributed by atoms with Crippen molar-refractivity contribution < 1.29 is 0 Å². The van der Waals surface area contributed by atoms with Gasteiger partial charge < -0.3 is 5.73 Å². The maximum Gasteiger partial charge on any atom is 0.345 e. The number of pyridine rings is 1. The molecule has 15 heavy (non-hydrogen) atoms. The summed E-state index contributed by atoms with van der Waals surface area (Å²) in [4.78, 5) is 15.4. The molecule has 0 unspecified atom stereocenters. The third-order valence-electron chi connectivity index (χ3n) is 2.07. The molecule has 2 aromatic heterocycles. The van der Waals surface area contributed by atoms with E-state index in [-0.39, 0.29) is 5.69 Å². The lowest BCUT2D eigenvalue weighted by atomic mass is 10.3. The molecule has 0 spiro atoms. The lowest BCUT2D eigenvalue weighted by Crippen LogP contribution is -2.23. The van der Waals surface area contributed by atoms with Gasteiger partial charge in [0.05, 0.1) is 6.54 Å². The zero-order valence-corrected chi connectivity index (χ0v) is 8.29. The molecule has 0 saturated heterocycles. The van der Waals surface area contributed by atoms with Crippen molar-refractivity contribution in [1.82, 2.24) is 19.3 Å². The number of nitrogens with zero attached hydrogens (tertiary/aromatic N) is 4. The average Bonchev–Trinajstić information content (AvgIpc) is 2.53. The van der Waals surface area contributed by atoms with Crippen molar-refractivity contribution in [3.8, 4) is 0 Å². The Kier molecular flexibility index (Phi) is 2.24. The number of anilines is 1. The minimum atomic E-state index is -0.146. The minimum Gasteiger partial charge on any atom is -0.384 e.